The van der Waals surface area contributed by atoms with Gasteiger partial charge in [0.1, 0.15) is 11.3 Å². The number of anilines is 2. The van der Waals surface area contributed by atoms with Crippen LogP contribution in [0.4, 0.5) is 11.4 Å². The van der Waals surface area contributed by atoms with Crippen molar-refractivity contribution in [1.82, 2.24) is 4.98 Å². The summed E-state index contributed by atoms with van der Waals surface area (Å²) < 4.78 is 11.0. The maximum Gasteiger partial charge on any atom is 0.308 e. The molecular formula is C22H17ClN2O3. The summed E-state index contributed by atoms with van der Waals surface area (Å²) in [5.41, 5.74) is 4.26. The van der Waals surface area contributed by atoms with Gasteiger partial charge in [0.15, 0.2) is 5.58 Å². The van der Waals surface area contributed by atoms with Gasteiger partial charge in [-0.15, -0.1) is 0 Å². The first-order chi connectivity index (χ1) is 13.5. The van der Waals surface area contributed by atoms with Crippen LogP contribution < -0.4 is 9.64 Å². The molecule has 0 spiro atoms. The van der Waals surface area contributed by atoms with Crippen molar-refractivity contribution in [3.05, 3.63) is 71.8 Å². The molecule has 6 heteroatoms. The van der Waals surface area contributed by atoms with E-state index >= 15 is 0 Å². The zero-order valence-electron chi connectivity index (χ0n) is 15.3. The highest BCUT2D eigenvalue weighted by molar-refractivity contribution is 6.30. The van der Waals surface area contributed by atoms with Crippen molar-refractivity contribution in [1.29, 1.82) is 0 Å². The number of oxazole rings is 1. The van der Waals surface area contributed by atoms with Gasteiger partial charge in [0, 0.05) is 42.0 Å². The predicted molar refractivity (Wildman–Crippen MR) is 110 cm³/mol. The third-order valence-corrected chi connectivity index (χ3v) is 4.59. The third kappa shape index (κ3) is 3.70. The number of carbonyl (C=O) groups is 1. The first kappa shape index (κ1) is 18.1. The van der Waals surface area contributed by atoms with Crippen molar-refractivity contribution >= 4 is 40.0 Å². The number of benzene rings is 3. The molecule has 0 radical (unpaired) electrons. The van der Waals surface area contributed by atoms with Gasteiger partial charge < -0.3 is 14.1 Å². The summed E-state index contributed by atoms with van der Waals surface area (Å²) in [6, 6.07) is 20.6. The first-order valence-electron chi connectivity index (χ1n) is 8.68. The molecule has 4 rings (SSSR count). The van der Waals surface area contributed by atoms with Crippen molar-refractivity contribution < 1.29 is 13.9 Å². The van der Waals surface area contributed by atoms with Crippen molar-refractivity contribution in [2.24, 2.45) is 0 Å². The van der Waals surface area contributed by atoms with Crippen LogP contribution in [0.5, 0.6) is 5.75 Å². The monoisotopic (exact) mass is 392 g/mol. The summed E-state index contributed by atoms with van der Waals surface area (Å²) in [5, 5.41) is 0.701. The number of esters is 1. The summed E-state index contributed by atoms with van der Waals surface area (Å²) in [4.78, 5) is 17.6. The molecule has 1 aromatic heterocycles. The second-order valence-electron chi connectivity index (χ2n) is 6.32. The van der Waals surface area contributed by atoms with E-state index < -0.39 is 0 Å². The van der Waals surface area contributed by atoms with Crippen LogP contribution in [0.1, 0.15) is 6.92 Å². The second-order valence-corrected chi connectivity index (χ2v) is 6.76. The van der Waals surface area contributed by atoms with Gasteiger partial charge in [-0.25, -0.2) is 4.98 Å². The summed E-state index contributed by atoms with van der Waals surface area (Å²) in [5.74, 6) is 0.641. The molecule has 4 aromatic rings. The predicted octanol–water partition coefficient (Wildman–Crippen LogP) is 5.84. The topological polar surface area (TPSA) is 55.6 Å². The molecule has 0 atom stereocenters. The molecule has 0 N–H and O–H groups in total. The normalized spacial score (nSPS) is 10.8. The van der Waals surface area contributed by atoms with Crippen LogP contribution in [0.2, 0.25) is 5.02 Å². The fourth-order valence-electron chi connectivity index (χ4n) is 2.89. The standard InChI is InChI=1S/C22H17ClN2O3/c1-14(26)27-19-10-3-15(4-11-19)22-24-20-12-9-18(13-21(20)28-22)25(2)17-7-5-16(23)6-8-17/h3-13H,1-2H3. The Morgan fingerprint density at radius 3 is 2.36 bits per heavy atom. The van der Waals surface area contributed by atoms with E-state index in [0.29, 0.717) is 22.2 Å². The number of rotatable bonds is 4. The van der Waals surface area contributed by atoms with Crippen LogP contribution in [-0.4, -0.2) is 18.0 Å². The quantitative estimate of drug-likeness (QED) is 0.322. The lowest BCUT2D eigenvalue weighted by atomic mass is 10.2. The van der Waals surface area contributed by atoms with Crippen LogP contribution >= 0.6 is 11.6 Å². The Morgan fingerprint density at radius 2 is 1.68 bits per heavy atom. The lowest BCUT2D eigenvalue weighted by Gasteiger charge is -2.19. The van der Waals surface area contributed by atoms with E-state index in [1.165, 1.54) is 6.92 Å². The van der Waals surface area contributed by atoms with Gasteiger partial charge in [0.05, 0.1) is 0 Å². The average Bonchev–Trinajstić information content (AvgIpc) is 3.11. The second kappa shape index (κ2) is 7.37. The highest BCUT2D eigenvalue weighted by atomic mass is 35.5. The van der Waals surface area contributed by atoms with E-state index in [4.69, 9.17) is 20.8 Å². The van der Waals surface area contributed by atoms with Gasteiger partial charge in [0.2, 0.25) is 5.89 Å². The Hall–Kier alpha value is -3.31. The van der Waals surface area contributed by atoms with Crippen LogP contribution in [-0.2, 0) is 4.79 Å². The number of fused-ring (bicyclic) bond motifs is 1. The molecule has 0 aliphatic carbocycles. The number of halogens is 1. The molecule has 0 amide bonds. The maximum absolute atomic E-state index is 11.0. The maximum atomic E-state index is 11.0. The highest BCUT2D eigenvalue weighted by Gasteiger charge is 2.11. The molecule has 140 valence electrons. The minimum atomic E-state index is -0.355. The number of hydrogen-bond donors (Lipinski definition) is 0. The molecule has 0 fully saturated rings. The fraction of sp³-hybridized carbons (Fsp3) is 0.0909. The van der Waals surface area contributed by atoms with Gasteiger partial charge in [-0.05, 0) is 60.7 Å². The van der Waals surface area contributed by atoms with Crippen LogP contribution in [0.3, 0.4) is 0 Å². The van der Waals surface area contributed by atoms with E-state index in [0.717, 1.165) is 22.5 Å². The van der Waals surface area contributed by atoms with Gasteiger partial charge in [-0.2, -0.15) is 0 Å². The molecular weight excluding hydrogens is 376 g/mol. The lowest BCUT2D eigenvalue weighted by Crippen LogP contribution is -2.08. The Labute approximate surface area is 167 Å². The minimum Gasteiger partial charge on any atom is -0.436 e. The number of aromatic nitrogens is 1. The van der Waals surface area contributed by atoms with Gasteiger partial charge in [-0.3, -0.25) is 4.79 Å². The lowest BCUT2D eigenvalue weighted by molar-refractivity contribution is -0.131. The summed E-state index contributed by atoms with van der Waals surface area (Å²) in [6.07, 6.45) is 0. The van der Waals surface area contributed by atoms with Crippen LogP contribution in [0.25, 0.3) is 22.6 Å². The highest BCUT2D eigenvalue weighted by Crippen LogP contribution is 2.31. The number of nitrogens with zero attached hydrogens (tertiary/aromatic N) is 2. The van der Waals surface area contributed by atoms with E-state index in [-0.39, 0.29) is 5.97 Å². The fourth-order valence-corrected chi connectivity index (χ4v) is 3.02. The zero-order chi connectivity index (χ0) is 19.7. The summed E-state index contributed by atoms with van der Waals surface area (Å²) >= 11 is 5.97. The molecule has 0 bridgehead atoms. The smallest absolute Gasteiger partial charge is 0.308 e. The van der Waals surface area contributed by atoms with E-state index in [2.05, 4.69) is 4.98 Å². The Morgan fingerprint density at radius 1 is 1.00 bits per heavy atom. The van der Waals surface area contributed by atoms with E-state index in [1.807, 2.05) is 66.5 Å². The third-order valence-electron chi connectivity index (χ3n) is 4.34. The van der Waals surface area contributed by atoms with Crippen molar-refractivity contribution in [2.45, 2.75) is 6.92 Å². The average molecular weight is 393 g/mol. The van der Waals surface area contributed by atoms with Crippen molar-refractivity contribution in [3.8, 4) is 17.2 Å². The molecule has 0 aliphatic heterocycles. The molecule has 0 saturated heterocycles. The number of carbonyl (C=O) groups excluding carboxylic acids is 1. The van der Waals surface area contributed by atoms with Gasteiger partial charge in [0.25, 0.3) is 0 Å². The zero-order valence-corrected chi connectivity index (χ0v) is 16.1. The van der Waals surface area contributed by atoms with Crippen LogP contribution in [0.15, 0.2) is 71.1 Å². The molecule has 0 aliphatic rings. The minimum absolute atomic E-state index is 0.355. The van der Waals surface area contributed by atoms with Crippen molar-refractivity contribution in [3.63, 3.8) is 0 Å². The summed E-state index contributed by atoms with van der Waals surface area (Å²) in [7, 11) is 1.98. The Balaban J connectivity index is 1.62. The van der Waals surface area contributed by atoms with Crippen LogP contribution in [0, 0.1) is 0 Å². The molecule has 3 aromatic carbocycles. The molecule has 5 nitrogen and oxygen atoms in total. The molecule has 0 unspecified atom stereocenters. The van der Waals surface area contributed by atoms with Crippen molar-refractivity contribution in [2.75, 3.05) is 11.9 Å². The largest absolute Gasteiger partial charge is 0.436 e. The SMILES string of the molecule is CC(=O)Oc1ccc(-c2nc3ccc(N(C)c4ccc(Cl)cc4)cc3o2)cc1. The number of hydrogen-bond acceptors (Lipinski definition) is 5. The first-order valence-corrected chi connectivity index (χ1v) is 9.06. The molecule has 0 saturated carbocycles. The summed E-state index contributed by atoms with van der Waals surface area (Å²) in [6.45, 7) is 1.37. The van der Waals surface area contributed by atoms with E-state index in [1.54, 1.807) is 12.1 Å². The van der Waals surface area contributed by atoms with E-state index in [9.17, 15) is 4.79 Å². The Kier molecular flexibility index (Phi) is 4.75. The van der Waals surface area contributed by atoms with Gasteiger partial charge >= 0.3 is 5.97 Å². The molecule has 28 heavy (non-hydrogen) atoms. The Bertz CT molecular complexity index is 1130. The number of ether oxygens (including phenoxy) is 1. The molecule has 1 heterocycles. The van der Waals surface area contributed by atoms with Gasteiger partial charge in [-0.1, -0.05) is 11.6 Å².